The van der Waals surface area contributed by atoms with Crippen LogP contribution < -0.4 is 0 Å². The van der Waals surface area contributed by atoms with Crippen LogP contribution in [-0.4, -0.2) is 37.0 Å². The number of nitrogens with zero attached hydrogens (tertiary/aromatic N) is 2. The summed E-state index contributed by atoms with van der Waals surface area (Å²) in [7, 11) is 4.26. The molecule has 2 aromatic rings. The second-order valence-corrected chi connectivity index (χ2v) is 5.91. The molecule has 0 saturated heterocycles. The number of benzene rings is 1. The summed E-state index contributed by atoms with van der Waals surface area (Å²) >= 11 is 1.78. The van der Waals surface area contributed by atoms with Gasteiger partial charge in [0.1, 0.15) is 0 Å². The molecule has 0 atom stereocenters. The topological polar surface area (TPSA) is 6.48 Å². The van der Waals surface area contributed by atoms with Crippen LogP contribution in [0.2, 0.25) is 0 Å². The number of likely N-dealkylation sites (N-methyl/N-ethyl adjacent to an activating group) is 1. The van der Waals surface area contributed by atoms with Crippen molar-refractivity contribution in [2.75, 3.05) is 27.2 Å². The van der Waals surface area contributed by atoms with Gasteiger partial charge in [0.2, 0.25) is 0 Å². The zero-order chi connectivity index (χ0) is 13.5. The van der Waals surface area contributed by atoms with Gasteiger partial charge in [-0.2, -0.15) is 11.3 Å². The summed E-state index contributed by atoms with van der Waals surface area (Å²) in [5, 5.41) is 4.40. The Kier molecular flexibility index (Phi) is 5.58. The number of rotatable bonds is 7. The second-order valence-electron chi connectivity index (χ2n) is 5.13. The zero-order valence-electron chi connectivity index (χ0n) is 11.7. The van der Waals surface area contributed by atoms with Crippen molar-refractivity contribution in [3.8, 4) is 0 Å². The lowest BCUT2D eigenvalue weighted by atomic mass is 10.2. The van der Waals surface area contributed by atoms with Gasteiger partial charge in [0.15, 0.2) is 0 Å². The van der Waals surface area contributed by atoms with Crippen molar-refractivity contribution in [1.29, 1.82) is 0 Å². The van der Waals surface area contributed by atoms with Gasteiger partial charge in [0.05, 0.1) is 0 Å². The molecule has 19 heavy (non-hydrogen) atoms. The molecule has 2 rings (SSSR count). The Morgan fingerprint density at radius 3 is 2.26 bits per heavy atom. The van der Waals surface area contributed by atoms with Gasteiger partial charge in [0.25, 0.3) is 0 Å². The predicted molar refractivity (Wildman–Crippen MR) is 83.4 cm³/mol. The van der Waals surface area contributed by atoms with Crippen molar-refractivity contribution < 1.29 is 0 Å². The van der Waals surface area contributed by atoms with Crippen LogP contribution in [0.1, 0.15) is 11.1 Å². The van der Waals surface area contributed by atoms with Gasteiger partial charge >= 0.3 is 0 Å². The third-order valence-electron chi connectivity index (χ3n) is 3.10. The van der Waals surface area contributed by atoms with E-state index in [2.05, 4.69) is 71.1 Å². The molecule has 0 aliphatic rings. The number of hydrogen-bond donors (Lipinski definition) is 0. The molecule has 0 aliphatic carbocycles. The highest BCUT2D eigenvalue weighted by atomic mass is 32.1. The minimum absolute atomic E-state index is 1.02. The molecule has 102 valence electrons. The van der Waals surface area contributed by atoms with Gasteiger partial charge in [-0.05, 0) is 42.0 Å². The maximum absolute atomic E-state index is 2.51. The van der Waals surface area contributed by atoms with Crippen molar-refractivity contribution in [3.63, 3.8) is 0 Å². The summed E-state index contributed by atoms with van der Waals surface area (Å²) in [5.41, 5.74) is 2.80. The van der Waals surface area contributed by atoms with Crippen molar-refractivity contribution in [1.82, 2.24) is 9.80 Å². The standard InChI is InChI=1S/C16H22N2S/c1-17(2)9-10-18(13-16-8-11-19-14-16)12-15-6-4-3-5-7-15/h3-8,11,14H,9-10,12-13H2,1-2H3. The van der Waals surface area contributed by atoms with Crippen LogP contribution in [0.3, 0.4) is 0 Å². The fourth-order valence-corrected chi connectivity index (χ4v) is 2.70. The molecule has 0 bridgehead atoms. The Morgan fingerprint density at radius 1 is 0.895 bits per heavy atom. The van der Waals surface area contributed by atoms with Crippen LogP contribution in [-0.2, 0) is 13.1 Å². The SMILES string of the molecule is CN(C)CCN(Cc1ccccc1)Cc1ccsc1. The molecule has 0 spiro atoms. The Balaban J connectivity index is 1.97. The van der Waals surface area contributed by atoms with Crippen molar-refractivity contribution in [2.24, 2.45) is 0 Å². The molecule has 0 amide bonds. The van der Waals surface area contributed by atoms with E-state index in [0.29, 0.717) is 0 Å². The van der Waals surface area contributed by atoms with E-state index in [1.807, 2.05) is 0 Å². The highest BCUT2D eigenvalue weighted by molar-refractivity contribution is 7.07. The summed E-state index contributed by atoms with van der Waals surface area (Å²) < 4.78 is 0. The highest BCUT2D eigenvalue weighted by Gasteiger charge is 2.07. The van der Waals surface area contributed by atoms with Gasteiger partial charge in [-0.15, -0.1) is 0 Å². The van der Waals surface area contributed by atoms with Gasteiger partial charge in [0, 0.05) is 26.2 Å². The van der Waals surface area contributed by atoms with Crippen molar-refractivity contribution >= 4 is 11.3 Å². The number of thiophene rings is 1. The van der Waals surface area contributed by atoms with E-state index < -0.39 is 0 Å². The van der Waals surface area contributed by atoms with E-state index in [4.69, 9.17) is 0 Å². The fourth-order valence-electron chi connectivity index (χ4n) is 2.04. The smallest absolute Gasteiger partial charge is 0.0246 e. The maximum atomic E-state index is 2.51. The molecule has 0 aliphatic heterocycles. The van der Waals surface area contributed by atoms with E-state index in [1.54, 1.807) is 11.3 Å². The normalized spacial score (nSPS) is 11.4. The predicted octanol–water partition coefficient (Wildman–Crippen LogP) is 3.31. The van der Waals surface area contributed by atoms with Gasteiger partial charge in [-0.25, -0.2) is 0 Å². The first-order chi connectivity index (χ1) is 9.24. The van der Waals surface area contributed by atoms with Crippen LogP contribution in [0.4, 0.5) is 0 Å². The average molecular weight is 274 g/mol. The van der Waals surface area contributed by atoms with E-state index in [1.165, 1.54) is 11.1 Å². The quantitative estimate of drug-likeness (QED) is 0.764. The first-order valence-corrected chi connectivity index (χ1v) is 7.60. The first kappa shape index (κ1) is 14.3. The summed E-state index contributed by atoms with van der Waals surface area (Å²) in [6.07, 6.45) is 0. The van der Waals surface area contributed by atoms with Crippen LogP contribution in [0.15, 0.2) is 47.2 Å². The molecule has 0 unspecified atom stereocenters. The monoisotopic (exact) mass is 274 g/mol. The third-order valence-corrected chi connectivity index (χ3v) is 3.83. The maximum Gasteiger partial charge on any atom is 0.0246 e. The molecule has 1 heterocycles. The minimum atomic E-state index is 1.02. The average Bonchev–Trinajstić information content (AvgIpc) is 2.90. The molecule has 1 aromatic heterocycles. The lowest BCUT2D eigenvalue weighted by molar-refractivity contribution is 0.226. The molecular formula is C16H22N2S. The summed E-state index contributed by atoms with van der Waals surface area (Å²) in [4.78, 5) is 4.75. The molecule has 1 aromatic carbocycles. The molecule has 0 saturated carbocycles. The van der Waals surface area contributed by atoms with E-state index in [-0.39, 0.29) is 0 Å². The van der Waals surface area contributed by atoms with E-state index in [9.17, 15) is 0 Å². The summed E-state index contributed by atoms with van der Waals surface area (Å²) in [6.45, 7) is 4.24. The first-order valence-electron chi connectivity index (χ1n) is 6.66. The fraction of sp³-hybridized carbons (Fsp3) is 0.375. The van der Waals surface area contributed by atoms with Gasteiger partial charge in [-0.3, -0.25) is 4.90 Å². The summed E-state index contributed by atoms with van der Waals surface area (Å²) in [6, 6.07) is 12.9. The molecule has 3 heteroatoms. The molecule has 0 radical (unpaired) electrons. The molecule has 2 nitrogen and oxygen atoms in total. The summed E-state index contributed by atoms with van der Waals surface area (Å²) in [5.74, 6) is 0. The third kappa shape index (κ3) is 5.15. The van der Waals surface area contributed by atoms with Gasteiger partial charge in [-0.1, -0.05) is 30.3 Å². The second kappa shape index (κ2) is 7.43. The van der Waals surface area contributed by atoms with Gasteiger partial charge < -0.3 is 4.90 Å². The van der Waals surface area contributed by atoms with Crippen molar-refractivity contribution in [2.45, 2.75) is 13.1 Å². The van der Waals surface area contributed by atoms with Crippen LogP contribution in [0.5, 0.6) is 0 Å². The van der Waals surface area contributed by atoms with Crippen molar-refractivity contribution in [3.05, 3.63) is 58.3 Å². The zero-order valence-corrected chi connectivity index (χ0v) is 12.6. The highest BCUT2D eigenvalue weighted by Crippen LogP contribution is 2.12. The Bertz CT molecular complexity index is 451. The van der Waals surface area contributed by atoms with Crippen LogP contribution >= 0.6 is 11.3 Å². The van der Waals surface area contributed by atoms with Crippen LogP contribution in [0.25, 0.3) is 0 Å². The Morgan fingerprint density at radius 2 is 1.63 bits per heavy atom. The largest absolute Gasteiger partial charge is 0.308 e. The molecule has 0 N–H and O–H groups in total. The minimum Gasteiger partial charge on any atom is -0.308 e. The number of hydrogen-bond acceptors (Lipinski definition) is 3. The van der Waals surface area contributed by atoms with E-state index in [0.717, 1.165) is 26.2 Å². The Hall–Kier alpha value is -1.16. The Labute approximate surface area is 120 Å². The lowest BCUT2D eigenvalue weighted by Gasteiger charge is -2.23. The van der Waals surface area contributed by atoms with E-state index >= 15 is 0 Å². The molecular weight excluding hydrogens is 252 g/mol. The van der Waals surface area contributed by atoms with Crippen LogP contribution in [0, 0.1) is 0 Å². The lowest BCUT2D eigenvalue weighted by Crippen LogP contribution is -2.31. The molecule has 0 fully saturated rings.